The van der Waals surface area contributed by atoms with Crippen molar-refractivity contribution in [1.82, 2.24) is 20.4 Å². The van der Waals surface area contributed by atoms with Crippen molar-refractivity contribution < 1.29 is 14.1 Å². The van der Waals surface area contributed by atoms with Gasteiger partial charge in [0.1, 0.15) is 0 Å². The molecule has 0 saturated heterocycles. The van der Waals surface area contributed by atoms with E-state index in [0.717, 1.165) is 81.2 Å². The number of carbonyl (C=O) groups is 2. The minimum Gasteiger partial charge on any atom is -0.348 e. The number of nitrogens with one attached hydrogen (secondary N) is 1. The molecule has 1 atom stereocenters. The number of aryl methyl sites for hydroxylation is 1. The normalized spacial score (nSPS) is 26.8. The number of hydrogen-bond donors (Lipinski definition) is 1. The highest BCUT2D eigenvalue weighted by molar-refractivity contribution is 5.91. The molecule has 4 aliphatic rings. The topological polar surface area (TPSA) is 88.3 Å². The van der Waals surface area contributed by atoms with E-state index >= 15 is 0 Å². The Bertz CT molecular complexity index is 1140. The second kappa shape index (κ2) is 10.4. The van der Waals surface area contributed by atoms with Crippen LogP contribution in [0.3, 0.4) is 0 Å². The maximum absolute atomic E-state index is 13.5. The van der Waals surface area contributed by atoms with Crippen molar-refractivity contribution in [1.29, 1.82) is 0 Å². The third-order valence-corrected chi connectivity index (χ3v) is 9.26. The molecular formula is C30H40N4O3. The number of nitrogens with zero attached hydrogens (tertiary/aromatic N) is 3. The van der Waals surface area contributed by atoms with Gasteiger partial charge in [0.05, 0.1) is 6.04 Å². The van der Waals surface area contributed by atoms with E-state index in [9.17, 15) is 9.59 Å². The van der Waals surface area contributed by atoms with Crippen LogP contribution in [0.1, 0.15) is 99.5 Å². The van der Waals surface area contributed by atoms with Crippen LogP contribution in [0.4, 0.5) is 0 Å². The van der Waals surface area contributed by atoms with Crippen LogP contribution < -0.4 is 5.32 Å². The number of likely N-dealkylation sites (N-methyl/N-ethyl adjacent to an activating group) is 1. The summed E-state index contributed by atoms with van der Waals surface area (Å²) >= 11 is 0. The maximum Gasteiger partial charge on any atom is 0.246 e. The first-order valence-corrected chi connectivity index (χ1v) is 13.9. The molecule has 4 aliphatic carbocycles. The Labute approximate surface area is 220 Å². The number of benzene rings is 1. The molecule has 1 heterocycles. The lowest BCUT2D eigenvalue weighted by Crippen LogP contribution is -2.51. The predicted octanol–water partition coefficient (Wildman–Crippen LogP) is 5.51. The van der Waals surface area contributed by atoms with Crippen LogP contribution in [-0.4, -0.2) is 41.0 Å². The lowest BCUT2D eigenvalue weighted by atomic mass is 9.51. The van der Waals surface area contributed by atoms with Crippen LogP contribution in [-0.2, 0) is 15.0 Å². The standard InChI is InChI=1S/C30H40N4O3/c1-21-31-28(37-33-21)30-17-14-29(15-18-30,16-19-30)26(32-27(36)23-9-5-4-6-10-23)24-11-7-8-22(20-24)12-13-25(35)34(2)3/h7-8,11-13,20,23,26H,4-6,9-10,14-19H2,1-3H3,(H,32,36)/b13-12+. The third kappa shape index (κ3) is 5.23. The minimum absolute atomic E-state index is 0.00291. The van der Waals surface area contributed by atoms with E-state index < -0.39 is 0 Å². The van der Waals surface area contributed by atoms with Gasteiger partial charge >= 0.3 is 0 Å². The molecule has 2 bridgehead atoms. The Morgan fingerprint density at radius 3 is 2.41 bits per heavy atom. The molecule has 0 aliphatic heterocycles. The second-order valence-corrected chi connectivity index (χ2v) is 11.8. The molecule has 7 heteroatoms. The summed E-state index contributed by atoms with van der Waals surface area (Å²) < 4.78 is 5.65. The van der Waals surface area contributed by atoms with Gasteiger partial charge in [0, 0.05) is 31.5 Å². The zero-order valence-electron chi connectivity index (χ0n) is 22.5. The van der Waals surface area contributed by atoms with Gasteiger partial charge in [-0.3, -0.25) is 9.59 Å². The monoisotopic (exact) mass is 504 g/mol. The van der Waals surface area contributed by atoms with Crippen molar-refractivity contribution in [3.05, 3.63) is 53.2 Å². The first-order valence-electron chi connectivity index (χ1n) is 13.9. The van der Waals surface area contributed by atoms with Gasteiger partial charge < -0.3 is 14.7 Å². The summed E-state index contributed by atoms with van der Waals surface area (Å²) in [5, 5.41) is 7.63. The van der Waals surface area contributed by atoms with E-state index in [2.05, 4.69) is 27.6 Å². The van der Waals surface area contributed by atoms with E-state index in [1.807, 2.05) is 25.1 Å². The largest absolute Gasteiger partial charge is 0.348 e. The number of aromatic nitrogens is 2. The molecule has 0 spiro atoms. The Hall–Kier alpha value is -2.96. The maximum atomic E-state index is 13.5. The van der Waals surface area contributed by atoms with Crippen LogP contribution >= 0.6 is 0 Å². The zero-order chi connectivity index (χ0) is 26.0. The van der Waals surface area contributed by atoms with Crippen molar-refractivity contribution in [2.24, 2.45) is 11.3 Å². The van der Waals surface area contributed by atoms with E-state index in [1.54, 1.807) is 25.1 Å². The predicted molar refractivity (Wildman–Crippen MR) is 142 cm³/mol. The Balaban J connectivity index is 1.42. The van der Waals surface area contributed by atoms with E-state index in [1.165, 1.54) is 6.42 Å². The summed E-state index contributed by atoms with van der Waals surface area (Å²) in [6.45, 7) is 1.88. The van der Waals surface area contributed by atoms with Gasteiger partial charge in [-0.1, -0.05) is 42.6 Å². The number of carbonyl (C=O) groups excluding carboxylic acids is 2. The van der Waals surface area contributed by atoms with Crippen LogP contribution in [0.15, 0.2) is 34.9 Å². The van der Waals surface area contributed by atoms with E-state index in [-0.39, 0.29) is 34.6 Å². The smallest absolute Gasteiger partial charge is 0.246 e. The molecule has 37 heavy (non-hydrogen) atoms. The van der Waals surface area contributed by atoms with Crippen molar-refractivity contribution in [3.8, 4) is 0 Å². The van der Waals surface area contributed by atoms with Crippen LogP contribution in [0.5, 0.6) is 0 Å². The van der Waals surface area contributed by atoms with Gasteiger partial charge in [0.15, 0.2) is 5.82 Å². The van der Waals surface area contributed by atoms with Gasteiger partial charge in [-0.15, -0.1) is 0 Å². The molecule has 198 valence electrons. The summed E-state index contributed by atoms with van der Waals surface area (Å²) in [6.07, 6.45) is 15.0. The highest BCUT2D eigenvalue weighted by Crippen LogP contribution is 2.61. The van der Waals surface area contributed by atoms with Crippen LogP contribution in [0, 0.1) is 18.3 Å². The number of rotatable bonds is 7. The number of hydrogen-bond acceptors (Lipinski definition) is 5. The molecule has 1 N–H and O–H groups in total. The summed E-state index contributed by atoms with van der Waals surface area (Å²) in [7, 11) is 3.50. The van der Waals surface area contributed by atoms with Crippen molar-refractivity contribution in [2.75, 3.05) is 14.1 Å². The first-order chi connectivity index (χ1) is 17.8. The molecule has 1 aromatic carbocycles. The summed E-state index contributed by atoms with van der Waals surface area (Å²) in [5.41, 5.74) is 2.08. The molecule has 2 amide bonds. The lowest BCUT2D eigenvalue weighted by Gasteiger charge is -2.55. The number of amides is 2. The molecule has 0 radical (unpaired) electrons. The molecular weight excluding hydrogens is 464 g/mol. The summed E-state index contributed by atoms with van der Waals surface area (Å²) in [5.74, 6) is 1.76. The fraction of sp³-hybridized carbons (Fsp3) is 0.600. The fourth-order valence-electron chi connectivity index (χ4n) is 6.85. The third-order valence-electron chi connectivity index (χ3n) is 9.26. The van der Waals surface area contributed by atoms with Gasteiger partial charge in [0.2, 0.25) is 17.7 Å². The Morgan fingerprint density at radius 2 is 1.78 bits per heavy atom. The first kappa shape index (κ1) is 25.7. The van der Waals surface area contributed by atoms with Gasteiger partial charge in [-0.05, 0) is 87.0 Å². The zero-order valence-corrected chi connectivity index (χ0v) is 22.5. The Morgan fingerprint density at radius 1 is 1.08 bits per heavy atom. The molecule has 4 fully saturated rings. The van der Waals surface area contributed by atoms with Crippen molar-refractivity contribution in [3.63, 3.8) is 0 Å². The quantitative estimate of drug-likeness (QED) is 0.503. The molecule has 1 unspecified atom stereocenters. The number of fused-ring (bicyclic) bond motifs is 3. The molecule has 1 aromatic heterocycles. The average Bonchev–Trinajstić information content (AvgIpc) is 3.39. The molecule has 4 saturated carbocycles. The highest BCUT2D eigenvalue weighted by Gasteiger charge is 2.55. The SMILES string of the molecule is Cc1noc(C23CCC(C(NC(=O)C4CCCCC4)c4cccc(/C=C/C(=O)N(C)C)c4)(CC2)CC3)n1. The molecule has 7 nitrogen and oxygen atoms in total. The van der Waals surface area contributed by atoms with Crippen molar-refractivity contribution in [2.45, 2.75) is 89.0 Å². The van der Waals surface area contributed by atoms with Crippen LogP contribution in [0.2, 0.25) is 0 Å². The van der Waals surface area contributed by atoms with Crippen molar-refractivity contribution >= 4 is 17.9 Å². The van der Waals surface area contributed by atoms with Gasteiger partial charge in [-0.2, -0.15) is 4.98 Å². The summed E-state index contributed by atoms with van der Waals surface area (Å²) in [4.78, 5) is 31.8. The Kier molecular flexibility index (Phi) is 7.24. The molecule has 2 aromatic rings. The lowest BCUT2D eigenvalue weighted by molar-refractivity contribution is -0.129. The van der Waals surface area contributed by atoms with E-state index in [4.69, 9.17) is 4.52 Å². The van der Waals surface area contributed by atoms with Gasteiger partial charge in [0.25, 0.3) is 0 Å². The van der Waals surface area contributed by atoms with E-state index in [0.29, 0.717) is 5.82 Å². The fourth-order valence-corrected chi connectivity index (χ4v) is 6.85. The molecule has 6 rings (SSSR count). The van der Waals surface area contributed by atoms with Gasteiger partial charge in [-0.25, -0.2) is 0 Å². The second-order valence-electron chi connectivity index (χ2n) is 11.8. The average molecular weight is 505 g/mol. The van der Waals surface area contributed by atoms with Crippen LogP contribution in [0.25, 0.3) is 6.08 Å². The minimum atomic E-state index is -0.0532. The summed E-state index contributed by atoms with van der Waals surface area (Å²) in [6, 6.07) is 8.30. The highest BCUT2D eigenvalue weighted by atomic mass is 16.5.